The molecule has 0 aliphatic carbocycles. The van der Waals surface area contributed by atoms with Gasteiger partial charge in [0, 0.05) is 19.3 Å². The zero-order chi connectivity index (χ0) is 40.6. The van der Waals surface area contributed by atoms with E-state index in [1.165, 1.54) is 38.5 Å². The first-order valence-electron chi connectivity index (χ1n) is 22.9. The van der Waals surface area contributed by atoms with Gasteiger partial charge in [0.2, 0.25) is 0 Å². The normalized spacial score (nSPS) is 14.6. The molecule has 0 fully saturated rings. The maximum absolute atomic E-state index is 12.6. The minimum atomic E-state index is -0.0793. The fourth-order valence-corrected chi connectivity index (χ4v) is 7.21. The van der Waals surface area contributed by atoms with E-state index < -0.39 is 0 Å². The Balaban J connectivity index is 4.34. The average Bonchev–Trinajstić information content (AvgIpc) is 3.12. The number of carbonyl (C=O) groups is 3. The van der Waals surface area contributed by atoms with E-state index in [0.717, 1.165) is 115 Å². The minimum absolute atomic E-state index is 0.0264. The van der Waals surface area contributed by atoms with Crippen LogP contribution < -0.4 is 0 Å². The van der Waals surface area contributed by atoms with Crippen LogP contribution in [0.1, 0.15) is 209 Å². The van der Waals surface area contributed by atoms with Crippen LogP contribution >= 0.6 is 0 Å². The van der Waals surface area contributed by atoms with Crippen LogP contribution in [0.4, 0.5) is 0 Å². The molecule has 0 N–H and O–H groups in total. The van der Waals surface area contributed by atoms with Gasteiger partial charge in [-0.05, 0) is 127 Å². The lowest BCUT2D eigenvalue weighted by molar-refractivity contribution is -0.150. The number of hydrogen-bond acceptors (Lipinski definition) is 7. The van der Waals surface area contributed by atoms with Crippen molar-refractivity contribution in [1.82, 2.24) is 4.90 Å². The van der Waals surface area contributed by atoms with Crippen molar-refractivity contribution in [1.29, 1.82) is 0 Å². The van der Waals surface area contributed by atoms with Gasteiger partial charge >= 0.3 is 17.9 Å². The molecule has 0 aromatic carbocycles. The number of nitrogens with zero attached hydrogens (tertiary/aromatic N) is 1. The SMILES string of the molecule is CCC(C)CCC(CCOC(=O)CCCCCCCC(CCCCCCCC(=O)OCCC(CCC(C)CC)C(C)C)OC(=O)CCCN(C)C)C(C)C. The van der Waals surface area contributed by atoms with Crippen LogP contribution in [0, 0.1) is 35.5 Å². The molecule has 4 unspecified atom stereocenters. The standard InChI is InChI=1S/C47H91NO6/c1-11-40(7)29-31-42(38(3)4)33-36-52-45(49)26-21-17-13-15-19-24-44(54-47(51)28-23-35-48(9)10)25-20-16-14-18-22-27-46(50)53-37-34-43(39(5)6)32-30-41(8)12-2/h38-44H,11-37H2,1-10H3. The van der Waals surface area contributed by atoms with E-state index in [2.05, 4.69) is 60.3 Å². The Morgan fingerprint density at radius 3 is 1.24 bits per heavy atom. The van der Waals surface area contributed by atoms with Crippen molar-refractivity contribution in [2.45, 2.75) is 216 Å². The van der Waals surface area contributed by atoms with Crippen molar-refractivity contribution < 1.29 is 28.6 Å². The Morgan fingerprint density at radius 2 is 0.852 bits per heavy atom. The Hall–Kier alpha value is -1.63. The van der Waals surface area contributed by atoms with Crippen molar-refractivity contribution in [2.75, 3.05) is 33.9 Å². The van der Waals surface area contributed by atoms with Gasteiger partial charge in [0.1, 0.15) is 6.10 Å². The summed E-state index contributed by atoms with van der Waals surface area (Å²) >= 11 is 0. The molecule has 0 heterocycles. The first-order valence-corrected chi connectivity index (χ1v) is 22.9. The molecule has 7 heteroatoms. The summed E-state index contributed by atoms with van der Waals surface area (Å²) in [4.78, 5) is 39.4. The number of hydrogen-bond donors (Lipinski definition) is 0. The maximum atomic E-state index is 12.6. The van der Waals surface area contributed by atoms with E-state index in [-0.39, 0.29) is 24.0 Å². The third kappa shape index (κ3) is 31.6. The average molecular weight is 766 g/mol. The van der Waals surface area contributed by atoms with Crippen molar-refractivity contribution >= 4 is 17.9 Å². The Morgan fingerprint density at radius 1 is 0.463 bits per heavy atom. The van der Waals surface area contributed by atoms with Gasteiger partial charge in [-0.2, -0.15) is 0 Å². The van der Waals surface area contributed by atoms with E-state index in [1.807, 2.05) is 14.1 Å². The lowest BCUT2D eigenvalue weighted by Gasteiger charge is -2.22. The van der Waals surface area contributed by atoms with Crippen molar-refractivity contribution in [3.8, 4) is 0 Å². The van der Waals surface area contributed by atoms with Gasteiger partial charge in [-0.15, -0.1) is 0 Å². The fourth-order valence-electron chi connectivity index (χ4n) is 7.21. The van der Waals surface area contributed by atoms with Crippen molar-refractivity contribution in [3.63, 3.8) is 0 Å². The summed E-state index contributed by atoms with van der Waals surface area (Å²) in [7, 11) is 4.05. The summed E-state index contributed by atoms with van der Waals surface area (Å²) in [5.74, 6) is 3.82. The Bertz CT molecular complexity index is 847. The van der Waals surface area contributed by atoms with Gasteiger partial charge in [-0.25, -0.2) is 0 Å². The fraction of sp³-hybridized carbons (Fsp3) is 0.936. The van der Waals surface area contributed by atoms with Crippen molar-refractivity contribution in [2.24, 2.45) is 35.5 Å². The molecule has 0 bridgehead atoms. The molecular formula is C47H91NO6. The highest BCUT2D eigenvalue weighted by Gasteiger charge is 2.18. The Labute approximate surface area is 335 Å². The summed E-state index contributed by atoms with van der Waals surface area (Å²) in [6.07, 6.45) is 23.6. The Kier molecular flexibility index (Phi) is 33.6. The lowest BCUT2D eigenvalue weighted by Crippen LogP contribution is -2.20. The second-order valence-corrected chi connectivity index (χ2v) is 17.8. The first-order chi connectivity index (χ1) is 25.8. The van der Waals surface area contributed by atoms with Crippen LogP contribution in [0.2, 0.25) is 0 Å². The monoisotopic (exact) mass is 766 g/mol. The van der Waals surface area contributed by atoms with Gasteiger partial charge in [0.05, 0.1) is 13.2 Å². The quantitative estimate of drug-likeness (QED) is 0.0354. The maximum Gasteiger partial charge on any atom is 0.306 e. The van der Waals surface area contributed by atoms with Crippen LogP contribution in [0.15, 0.2) is 0 Å². The summed E-state index contributed by atoms with van der Waals surface area (Å²) < 4.78 is 17.2. The van der Waals surface area contributed by atoms with Crippen LogP contribution in [0.25, 0.3) is 0 Å². The topological polar surface area (TPSA) is 82.1 Å². The van der Waals surface area contributed by atoms with Gasteiger partial charge < -0.3 is 19.1 Å². The molecule has 0 aromatic rings. The molecule has 0 radical (unpaired) electrons. The van der Waals surface area contributed by atoms with Crippen LogP contribution in [-0.4, -0.2) is 62.8 Å². The molecule has 320 valence electrons. The lowest BCUT2D eigenvalue weighted by atomic mass is 9.86. The van der Waals surface area contributed by atoms with Gasteiger partial charge in [0.15, 0.2) is 0 Å². The van der Waals surface area contributed by atoms with Crippen LogP contribution in [0.3, 0.4) is 0 Å². The summed E-state index contributed by atoms with van der Waals surface area (Å²) in [6.45, 7) is 20.3. The highest BCUT2D eigenvalue weighted by Crippen LogP contribution is 2.26. The number of esters is 3. The van der Waals surface area contributed by atoms with Gasteiger partial charge in [0.25, 0.3) is 0 Å². The molecule has 0 spiro atoms. The zero-order valence-electron chi connectivity index (χ0n) is 37.5. The number of rotatable bonds is 37. The van der Waals surface area contributed by atoms with E-state index >= 15 is 0 Å². The first kappa shape index (κ1) is 52.4. The van der Waals surface area contributed by atoms with Gasteiger partial charge in [-0.1, -0.05) is 120 Å². The summed E-state index contributed by atoms with van der Waals surface area (Å²) in [5.41, 5.74) is 0. The largest absolute Gasteiger partial charge is 0.466 e. The third-order valence-corrected chi connectivity index (χ3v) is 11.9. The molecule has 0 aliphatic rings. The molecule has 0 aliphatic heterocycles. The molecule has 4 atom stereocenters. The van der Waals surface area contributed by atoms with Crippen LogP contribution in [-0.2, 0) is 28.6 Å². The summed E-state index contributed by atoms with van der Waals surface area (Å²) in [5, 5.41) is 0. The van der Waals surface area contributed by atoms with Crippen molar-refractivity contribution in [3.05, 3.63) is 0 Å². The molecule has 7 nitrogen and oxygen atoms in total. The second-order valence-electron chi connectivity index (χ2n) is 17.8. The molecule has 0 rings (SSSR count). The predicted octanol–water partition coefficient (Wildman–Crippen LogP) is 12.8. The smallest absolute Gasteiger partial charge is 0.306 e. The van der Waals surface area contributed by atoms with E-state index in [1.54, 1.807) is 0 Å². The van der Waals surface area contributed by atoms with Crippen LogP contribution in [0.5, 0.6) is 0 Å². The number of carbonyl (C=O) groups excluding carboxylic acids is 3. The minimum Gasteiger partial charge on any atom is -0.466 e. The van der Waals surface area contributed by atoms with Gasteiger partial charge in [-0.3, -0.25) is 14.4 Å². The number of ether oxygens (including phenoxy) is 3. The highest BCUT2D eigenvalue weighted by molar-refractivity contribution is 5.70. The van der Waals surface area contributed by atoms with E-state index in [4.69, 9.17) is 14.2 Å². The molecule has 0 saturated carbocycles. The van der Waals surface area contributed by atoms with E-state index in [9.17, 15) is 14.4 Å². The molecule has 0 saturated heterocycles. The van der Waals surface area contributed by atoms with E-state index in [0.29, 0.717) is 56.1 Å². The second kappa shape index (κ2) is 34.6. The molecule has 0 aromatic heterocycles. The summed E-state index contributed by atoms with van der Waals surface area (Å²) in [6, 6.07) is 0. The molecule has 0 amide bonds. The molecule has 54 heavy (non-hydrogen) atoms. The molecular weight excluding hydrogens is 675 g/mol. The predicted molar refractivity (Wildman–Crippen MR) is 227 cm³/mol. The highest BCUT2D eigenvalue weighted by atomic mass is 16.5. The number of unbranched alkanes of at least 4 members (excludes halogenated alkanes) is 8. The third-order valence-electron chi connectivity index (χ3n) is 11.9. The zero-order valence-corrected chi connectivity index (χ0v) is 37.5.